The lowest BCUT2D eigenvalue weighted by atomic mass is 10.2. The molecule has 12 heteroatoms. The molecule has 0 aliphatic heterocycles. The lowest BCUT2D eigenvalue weighted by Gasteiger charge is -2.12. The Balaban J connectivity index is 1.70. The molecule has 0 atom stereocenters. The molecule has 0 unspecified atom stereocenters. The third kappa shape index (κ3) is 7.24. The van der Waals surface area contributed by atoms with Crippen molar-refractivity contribution >= 4 is 23.5 Å². The average Bonchev–Trinajstić information content (AvgIpc) is 2.88. The first-order valence-electron chi connectivity index (χ1n) is 11.3. The summed E-state index contributed by atoms with van der Waals surface area (Å²) in [7, 11) is 0. The standard InChI is InChI=1S/C25H24N4O8/c1-3-12-36-23-10-8-18(14-24(23)35-4-2)25(30)27-26-16-17-6-5-7-20(13-17)37-22-11-9-19(28(31)32)15-21(22)29(33)34/h5-11,13-16H,3-4,12H2,1-2H3,(H,27,30)/b26-16+. The second-order valence-corrected chi connectivity index (χ2v) is 7.48. The molecule has 192 valence electrons. The Labute approximate surface area is 211 Å². The van der Waals surface area contributed by atoms with Crippen molar-refractivity contribution in [2.75, 3.05) is 13.2 Å². The molecule has 0 spiro atoms. The number of hydrogen-bond donors (Lipinski definition) is 1. The van der Waals surface area contributed by atoms with Gasteiger partial charge in [-0.15, -0.1) is 0 Å². The molecule has 0 aromatic heterocycles. The van der Waals surface area contributed by atoms with E-state index < -0.39 is 27.1 Å². The van der Waals surface area contributed by atoms with E-state index in [1.54, 1.807) is 36.4 Å². The van der Waals surface area contributed by atoms with Gasteiger partial charge in [-0.05, 0) is 55.3 Å². The molecule has 1 N–H and O–H groups in total. The van der Waals surface area contributed by atoms with E-state index >= 15 is 0 Å². The Hall–Kier alpha value is -5.00. The first kappa shape index (κ1) is 26.6. The number of carbonyl (C=O) groups excluding carboxylic acids is 1. The predicted molar refractivity (Wildman–Crippen MR) is 135 cm³/mol. The van der Waals surface area contributed by atoms with Gasteiger partial charge in [-0.25, -0.2) is 5.43 Å². The van der Waals surface area contributed by atoms with Gasteiger partial charge in [0.25, 0.3) is 11.6 Å². The summed E-state index contributed by atoms with van der Waals surface area (Å²) in [6.45, 7) is 4.75. The number of amides is 1. The van der Waals surface area contributed by atoms with Crippen LogP contribution in [0.4, 0.5) is 11.4 Å². The van der Waals surface area contributed by atoms with Gasteiger partial charge in [0, 0.05) is 11.6 Å². The van der Waals surface area contributed by atoms with Crippen LogP contribution in [-0.2, 0) is 0 Å². The smallest absolute Gasteiger partial charge is 0.318 e. The fourth-order valence-corrected chi connectivity index (χ4v) is 3.11. The summed E-state index contributed by atoms with van der Waals surface area (Å²) in [5, 5.41) is 26.2. The van der Waals surface area contributed by atoms with Crippen LogP contribution in [0, 0.1) is 20.2 Å². The molecule has 3 rings (SSSR count). The van der Waals surface area contributed by atoms with Crippen LogP contribution in [0.5, 0.6) is 23.0 Å². The van der Waals surface area contributed by atoms with Gasteiger partial charge in [0.15, 0.2) is 11.5 Å². The van der Waals surface area contributed by atoms with Crippen LogP contribution in [0.2, 0.25) is 0 Å². The van der Waals surface area contributed by atoms with Crippen LogP contribution in [0.1, 0.15) is 36.2 Å². The number of nitrogens with zero attached hydrogens (tertiary/aromatic N) is 3. The molecule has 37 heavy (non-hydrogen) atoms. The highest BCUT2D eigenvalue weighted by molar-refractivity contribution is 5.95. The summed E-state index contributed by atoms with van der Waals surface area (Å²) in [4.78, 5) is 33.3. The van der Waals surface area contributed by atoms with Crippen molar-refractivity contribution in [3.05, 3.63) is 92.0 Å². The summed E-state index contributed by atoms with van der Waals surface area (Å²) in [6, 6.07) is 14.3. The highest BCUT2D eigenvalue weighted by Gasteiger charge is 2.21. The van der Waals surface area contributed by atoms with Crippen LogP contribution in [0.15, 0.2) is 65.8 Å². The number of non-ortho nitro benzene ring substituents is 1. The van der Waals surface area contributed by atoms with E-state index in [2.05, 4.69) is 10.5 Å². The first-order chi connectivity index (χ1) is 17.8. The Morgan fingerprint density at radius 3 is 2.43 bits per heavy atom. The average molecular weight is 508 g/mol. The molecular weight excluding hydrogens is 484 g/mol. The van der Waals surface area contributed by atoms with Crippen molar-refractivity contribution < 1.29 is 28.9 Å². The van der Waals surface area contributed by atoms with Gasteiger partial charge < -0.3 is 14.2 Å². The Morgan fingerprint density at radius 2 is 1.73 bits per heavy atom. The molecule has 1 amide bonds. The van der Waals surface area contributed by atoms with Crippen molar-refractivity contribution in [2.45, 2.75) is 20.3 Å². The van der Waals surface area contributed by atoms with E-state index in [0.29, 0.717) is 35.8 Å². The number of hydrogen-bond acceptors (Lipinski definition) is 9. The van der Waals surface area contributed by atoms with Crippen molar-refractivity contribution in [2.24, 2.45) is 5.10 Å². The van der Waals surface area contributed by atoms with Crippen LogP contribution in [0.25, 0.3) is 0 Å². The fraction of sp³-hybridized carbons (Fsp3) is 0.200. The quantitative estimate of drug-likeness (QED) is 0.198. The van der Waals surface area contributed by atoms with Crippen molar-refractivity contribution in [1.29, 1.82) is 0 Å². The van der Waals surface area contributed by atoms with Gasteiger partial charge in [-0.2, -0.15) is 5.10 Å². The van der Waals surface area contributed by atoms with E-state index in [4.69, 9.17) is 14.2 Å². The predicted octanol–water partition coefficient (Wildman–Crippen LogP) is 5.25. The number of nitro benzene ring substituents is 2. The topological polar surface area (TPSA) is 155 Å². The zero-order valence-corrected chi connectivity index (χ0v) is 20.1. The van der Waals surface area contributed by atoms with E-state index in [1.807, 2.05) is 13.8 Å². The zero-order valence-electron chi connectivity index (χ0n) is 20.1. The zero-order chi connectivity index (χ0) is 26.8. The largest absolute Gasteiger partial charge is 0.490 e. The number of carbonyl (C=O) groups is 1. The SMILES string of the molecule is CCCOc1ccc(C(=O)N/N=C/c2cccc(Oc3ccc([N+](=O)[O-])cc3[N+](=O)[O-])c2)cc1OCC. The number of hydrazone groups is 1. The molecule has 0 heterocycles. The maximum Gasteiger partial charge on any atom is 0.318 e. The minimum atomic E-state index is -0.761. The molecule has 3 aromatic rings. The molecule has 0 saturated carbocycles. The second-order valence-electron chi connectivity index (χ2n) is 7.48. The lowest BCUT2D eigenvalue weighted by molar-refractivity contribution is -0.394. The second kappa shape index (κ2) is 12.6. The summed E-state index contributed by atoms with van der Waals surface area (Å²) < 4.78 is 16.8. The maximum atomic E-state index is 12.5. The van der Waals surface area contributed by atoms with Crippen LogP contribution >= 0.6 is 0 Å². The number of ether oxygens (including phenoxy) is 3. The summed E-state index contributed by atoms with van der Waals surface area (Å²) in [5.74, 6) is 0.616. The molecule has 0 bridgehead atoms. The van der Waals surface area contributed by atoms with Gasteiger partial charge in [0.05, 0.1) is 35.3 Å². The van der Waals surface area contributed by atoms with Crippen LogP contribution < -0.4 is 19.6 Å². The molecule has 3 aromatic carbocycles. The molecule has 0 aliphatic rings. The molecule has 0 fully saturated rings. The van der Waals surface area contributed by atoms with Gasteiger partial charge in [-0.1, -0.05) is 19.1 Å². The van der Waals surface area contributed by atoms with E-state index in [1.165, 1.54) is 12.3 Å². The number of nitro groups is 2. The third-order valence-electron chi connectivity index (χ3n) is 4.78. The minimum absolute atomic E-state index is 0.158. The number of nitrogens with one attached hydrogen (secondary N) is 1. The van der Waals surface area contributed by atoms with Crippen LogP contribution in [-0.4, -0.2) is 35.2 Å². The third-order valence-corrected chi connectivity index (χ3v) is 4.78. The van der Waals surface area contributed by atoms with Gasteiger partial charge >= 0.3 is 5.69 Å². The summed E-state index contributed by atoms with van der Waals surface area (Å²) in [6.07, 6.45) is 2.21. The van der Waals surface area contributed by atoms with E-state index in [0.717, 1.165) is 24.6 Å². The minimum Gasteiger partial charge on any atom is -0.490 e. The normalized spacial score (nSPS) is 10.6. The Bertz CT molecular complexity index is 1330. The Morgan fingerprint density at radius 1 is 0.946 bits per heavy atom. The maximum absolute atomic E-state index is 12.5. The van der Waals surface area contributed by atoms with Crippen molar-refractivity contribution in [1.82, 2.24) is 5.43 Å². The number of rotatable bonds is 12. The van der Waals surface area contributed by atoms with Crippen LogP contribution in [0.3, 0.4) is 0 Å². The molecular formula is C25H24N4O8. The van der Waals surface area contributed by atoms with Gasteiger partial charge in [-0.3, -0.25) is 25.0 Å². The first-order valence-corrected chi connectivity index (χ1v) is 11.3. The molecule has 0 saturated heterocycles. The fourth-order valence-electron chi connectivity index (χ4n) is 3.11. The molecule has 12 nitrogen and oxygen atoms in total. The van der Waals surface area contributed by atoms with Gasteiger partial charge in [0.1, 0.15) is 5.75 Å². The number of benzene rings is 3. The van der Waals surface area contributed by atoms with E-state index in [9.17, 15) is 25.0 Å². The molecule has 0 aliphatic carbocycles. The summed E-state index contributed by atoms with van der Waals surface area (Å²) in [5.41, 5.74) is 2.32. The van der Waals surface area contributed by atoms with Crippen molar-refractivity contribution in [3.63, 3.8) is 0 Å². The highest BCUT2D eigenvalue weighted by Crippen LogP contribution is 2.34. The highest BCUT2D eigenvalue weighted by atomic mass is 16.6. The van der Waals surface area contributed by atoms with Gasteiger partial charge in [0.2, 0.25) is 5.75 Å². The molecule has 0 radical (unpaired) electrons. The lowest BCUT2D eigenvalue weighted by Crippen LogP contribution is -2.17. The Kier molecular flexibility index (Phi) is 9.08. The summed E-state index contributed by atoms with van der Waals surface area (Å²) >= 11 is 0. The monoisotopic (exact) mass is 508 g/mol. The van der Waals surface area contributed by atoms with Crippen molar-refractivity contribution in [3.8, 4) is 23.0 Å². The van der Waals surface area contributed by atoms with E-state index in [-0.39, 0.29) is 11.5 Å².